The fourth-order valence-electron chi connectivity index (χ4n) is 3.41. The molecule has 0 radical (unpaired) electrons. The summed E-state index contributed by atoms with van der Waals surface area (Å²) in [6, 6.07) is 16.7. The third-order valence-electron chi connectivity index (χ3n) is 4.99. The number of nitrogens with one attached hydrogen (secondary N) is 1. The monoisotopic (exact) mass is 420 g/mol. The smallest absolute Gasteiger partial charge is 0.209 e. The van der Waals surface area contributed by atoms with Gasteiger partial charge in [-0.15, -0.1) is 5.10 Å². The second-order valence-electron chi connectivity index (χ2n) is 7.10. The van der Waals surface area contributed by atoms with Crippen molar-refractivity contribution in [1.82, 2.24) is 19.7 Å². The van der Waals surface area contributed by atoms with Crippen LogP contribution < -0.4 is 0 Å². The normalized spacial score (nSPS) is 11.1. The minimum absolute atomic E-state index is 0.0157. The zero-order chi connectivity index (χ0) is 21.3. The molecule has 2 aromatic carbocycles. The number of Topliss-reactive ketones (excluding diaryl/α,β-unsaturated/α-hetero) is 1. The van der Waals surface area contributed by atoms with E-state index in [4.69, 9.17) is 0 Å². The lowest BCUT2D eigenvalue weighted by Crippen LogP contribution is -2.06. The molecule has 0 aliphatic carbocycles. The van der Waals surface area contributed by atoms with Gasteiger partial charge >= 0.3 is 0 Å². The standard InChI is InChI=1S/C23H21FN4OS/c1-14-9-10-18(12-20(14)24)28-15(2)11-19(16(28)3)21(29)13-30-23-25-22(26-27-23)17-7-5-4-6-8-17/h4-12H,13H2,1-3H3,(H,25,26,27). The summed E-state index contributed by atoms with van der Waals surface area (Å²) in [4.78, 5) is 17.3. The fourth-order valence-corrected chi connectivity index (χ4v) is 4.09. The summed E-state index contributed by atoms with van der Waals surface area (Å²) in [7, 11) is 0. The number of rotatable bonds is 6. The van der Waals surface area contributed by atoms with Gasteiger partial charge < -0.3 is 4.57 Å². The van der Waals surface area contributed by atoms with E-state index in [0.29, 0.717) is 27.8 Å². The van der Waals surface area contributed by atoms with E-state index in [1.807, 2.05) is 60.9 Å². The van der Waals surface area contributed by atoms with E-state index in [2.05, 4.69) is 15.2 Å². The van der Waals surface area contributed by atoms with Crippen molar-refractivity contribution in [3.63, 3.8) is 0 Å². The molecule has 0 amide bonds. The molecule has 0 bridgehead atoms. The first kappa shape index (κ1) is 20.1. The van der Waals surface area contributed by atoms with Crippen molar-refractivity contribution in [3.05, 3.63) is 82.9 Å². The lowest BCUT2D eigenvalue weighted by Gasteiger charge is -2.11. The molecule has 5 nitrogen and oxygen atoms in total. The number of aromatic amines is 1. The van der Waals surface area contributed by atoms with Gasteiger partial charge in [0.1, 0.15) is 5.82 Å². The summed E-state index contributed by atoms with van der Waals surface area (Å²) >= 11 is 1.29. The molecule has 0 saturated carbocycles. The Bertz CT molecular complexity index is 1210. The fraction of sp³-hybridized carbons (Fsp3) is 0.174. The second-order valence-corrected chi connectivity index (χ2v) is 8.04. The highest BCUT2D eigenvalue weighted by molar-refractivity contribution is 7.99. The van der Waals surface area contributed by atoms with Gasteiger partial charge in [0.2, 0.25) is 5.16 Å². The quantitative estimate of drug-likeness (QED) is 0.340. The highest BCUT2D eigenvalue weighted by Gasteiger charge is 2.18. The van der Waals surface area contributed by atoms with E-state index < -0.39 is 0 Å². The van der Waals surface area contributed by atoms with Crippen LogP contribution in [0.3, 0.4) is 0 Å². The van der Waals surface area contributed by atoms with Crippen LogP contribution in [-0.2, 0) is 0 Å². The number of carbonyl (C=O) groups is 1. The lowest BCUT2D eigenvalue weighted by molar-refractivity contribution is 0.102. The van der Waals surface area contributed by atoms with Crippen LogP contribution in [0.1, 0.15) is 27.3 Å². The number of carbonyl (C=O) groups excluding carboxylic acids is 1. The summed E-state index contributed by atoms with van der Waals surface area (Å²) in [5, 5.41) is 7.63. The van der Waals surface area contributed by atoms with Crippen LogP contribution in [-0.4, -0.2) is 31.3 Å². The first-order valence-electron chi connectivity index (χ1n) is 9.53. The van der Waals surface area contributed by atoms with Gasteiger partial charge in [-0.3, -0.25) is 9.89 Å². The highest BCUT2D eigenvalue weighted by Crippen LogP contribution is 2.25. The Morgan fingerprint density at radius 3 is 2.60 bits per heavy atom. The SMILES string of the molecule is Cc1ccc(-n2c(C)cc(C(=O)CSc3n[nH]c(-c4ccccc4)n3)c2C)cc1F. The second kappa shape index (κ2) is 8.28. The maximum absolute atomic E-state index is 14.0. The Morgan fingerprint density at radius 2 is 1.87 bits per heavy atom. The van der Waals surface area contributed by atoms with Gasteiger partial charge in [-0.2, -0.15) is 0 Å². The van der Waals surface area contributed by atoms with Gasteiger partial charge in [-0.05, 0) is 44.5 Å². The predicted molar refractivity (Wildman–Crippen MR) is 117 cm³/mol. The van der Waals surface area contributed by atoms with E-state index in [0.717, 1.165) is 17.0 Å². The average molecular weight is 421 g/mol. The van der Waals surface area contributed by atoms with Crippen molar-refractivity contribution in [1.29, 1.82) is 0 Å². The molecule has 0 aliphatic heterocycles. The maximum Gasteiger partial charge on any atom is 0.209 e. The van der Waals surface area contributed by atoms with Crippen molar-refractivity contribution in [2.24, 2.45) is 0 Å². The van der Waals surface area contributed by atoms with E-state index in [-0.39, 0.29) is 17.4 Å². The van der Waals surface area contributed by atoms with E-state index in [1.165, 1.54) is 17.8 Å². The van der Waals surface area contributed by atoms with Crippen LogP contribution in [0.15, 0.2) is 59.8 Å². The Hall–Kier alpha value is -3.19. The predicted octanol–water partition coefficient (Wildman–Crippen LogP) is 5.30. The summed E-state index contributed by atoms with van der Waals surface area (Å²) < 4.78 is 15.9. The Kier molecular flexibility index (Phi) is 5.55. The van der Waals surface area contributed by atoms with E-state index >= 15 is 0 Å². The summed E-state index contributed by atoms with van der Waals surface area (Å²) in [5.41, 5.74) is 4.54. The van der Waals surface area contributed by atoms with E-state index in [9.17, 15) is 9.18 Å². The number of benzene rings is 2. The number of ketones is 1. The van der Waals surface area contributed by atoms with Crippen molar-refractivity contribution in [3.8, 4) is 17.1 Å². The molecule has 0 spiro atoms. The first-order chi connectivity index (χ1) is 14.4. The number of halogens is 1. The van der Waals surface area contributed by atoms with Gasteiger partial charge in [0, 0.05) is 28.2 Å². The zero-order valence-corrected chi connectivity index (χ0v) is 17.8. The van der Waals surface area contributed by atoms with E-state index in [1.54, 1.807) is 13.0 Å². The maximum atomic E-state index is 14.0. The molecule has 152 valence electrons. The van der Waals surface area contributed by atoms with Crippen molar-refractivity contribution in [2.75, 3.05) is 5.75 Å². The molecule has 0 aliphatic rings. The first-order valence-corrected chi connectivity index (χ1v) is 10.5. The molecule has 7 heteroatoms. The van der Waals surface area contributed by atoms with Crippen LogP contribution in [0.5, 0.6) is 0 Å². The number of H-pyrrole nitrogens is 1. The molecule has 0 unspecified atom stereocenters. The van der Waals surface area contributed by atoms with Gasteiger partial charge in [-0.1, -0.05) is 48.2 Å². The minimum atomic E-state index is -0.262. The Labute approximate surface area is 178 Å². The highest BCUT2D eigenvalue weighted by atomic mass is 32.2. The molecule has 0 atom stereocenters. The summed E-state index contributed by atoms with van der Waals surface area (Å²) in [6.07, 6.45) is 0. The number of hydrogen-bond acceptors (Lipinski definition) is 4. The molecule has 0 saturated heterocycles. The molecule has 4 aromatic rings. The Morgan fingerprint density at radius 1 is 1.10 bits per heavy atom. The molecule has 0 fully saturated rings. The van der Waals surface area contributed by atoms with Crippen molar-refractivity contribution < 1.29 is 9.18 Å². The molecule has 2 aromatic heterocycles. The van der Waals surface area contributed by atoms with Crippen LogP contribution >= 0.6 is 11.8 Å². The van der Waals surface area contributed by atoms with Crippen LogP contribution in [0.4, 0.5) is 4.39 Å². The third-order valence-corrected chi connectivity index (χ3v) is 5.84. The average Bonchev–Trinajstić information content (AvgIpc) is 3.33. The topological polar surface area (TPSA) is 63.6 Å². The number of nitrogens with zero attached hydrogens (tertiary/aromatic N) is 3. The summed E-state index contributed by atoms with van der Waals surface area (Å²) in [5.74, 6) is 0.615. The van der Waals surface area contributed by atoms with Gasteiger partial charge in [0.25, 0.3) is 0 Å². The molecule has 30 heavy (non-hydrogen) atoms. The van der Waals surface area contributed by atoms with Crippen LogP contribution in [0, 0.1) is 26.6 Å². The van der Waals surface area contributed by atoms with Crippen LogP contribution in [0.25, 0.3) is 17.1 Å². The Balaban J connectivity index is 1.51. The molecule has 4 rings (SSSR count). The number of hydrogen-bond donors (Lipinski definition) is 1. The van der Waals surface area contributed by atoms with Gasteiger partial charge in [0.15, 0.2) is 11.6 Å². The number of aryl methyl sites for hydroxylation is 2. The minimum Gasteiger partial charge on any atom is -0.318 e. The molecular formula is C23H21FN4OS. The lowest BCUT2D eigenvalue weighted by atomic mass is 10.2. The number of thioether (sulfide) groups is 1. The molecule has 2 heterocycles. The van der Waals surface area contributed by atoms with Gasteiger partial charge in [-0.25, -0.2) is 9.37 Å². The largest absolute Gasteiger partial charge is 0.318 e. The van der Waals surface area contributed by atoms with Crippen LogP contribution in [0.2, 0.25) is 0 Å². The van der Waals surface area contributed by atoms with Gasteiger partial charge in [0.05, 0.1) is 5.75 Å². The number of aromatic nitrogens is 4. The summed E-state index contributed by atoms with van der Waals surface area (Å²) in [6.45, 7) is 5.52. The zero-order valence-electron chi connectivity index (χ0n) is 16.9. The van der Waals surface area contributed by atoms with Crippen molar-refractivity contribution >= 4 is 17.5 Å². The third kappa shape index (κ3) is 3.93. The molecule has 1 N–H and O–H groups in total. The molecular weight excluding hydrogens is 399 g/mol. The van der Waals surface area contributed by atoms with Crippen molar-refractivity contribution in [2.45, 2.75) is 25.9 Å².